The Kier molecular flexibility index (Phi) is 4.51. The first-order chi connectivity index (χ1) is 8.91. The molecular weight excluding hydrogens is 242 g/mol. The molecule has 1 saturated carbocycles. The Labute approximate surface area is 116 Å². The van der Waals surface area contributed by atoms with Gasteiger partial charge in [-0.15, -0.1) is 0 Å². The summed E-state index contributed by atoms with van der Waals surface area (Å²) in [5.74, 6) is -0.0670. The van der Waals surface area contributed by atoms with Crippen LogP contribution in [0.5, 0.6) is 0 Å². The Hall–Kier alpha value is -0.610. The van der Waals surface area contributed by atoms with E-state index >= 15 is 0 Å². The average molecular weight is 269 g/mol. The second-order valence-corrected chi connectivity index (χ2v) is 6.92. The number of morpholine rings is 1. The van der Waals surface area contributed by atoms with E-state index < -0.39 is 5.41 Å². The summed E-state index contributed by atoms with van der Waals surface area (Å²) in [6, 6.07) is 0. The normalized spacial score (nSPS) is 24.4. The van der Waals surface area contributed by atoms with Crippen LogP contribution in [0.15, 0.2) is 0 Å². The van der Waals surface area contributed by atoms with Gasteiger partial charge in [-0.05, 0) is 46.5 Å². The zero-order valence-electron chi connectivity index (χ0n) is 12.5. The Morgan fingerprint density at radius 1 is 1.21 bits per heavy atom. The van der Waals surface area contributed by atoms with Crippen molar-refractivity contribution in [3.63, 3.8) is 0 Å². The van der Waals surface area contributed by atoms with Gasteiger partial charge in [0.05, 0.1) is 18.6 Å². The van der Waals surface area contributed by atoms with E-state index in [9.17, 15) is 4.79 Å². The van der Waals surface area contributed by atoms with Gasteiger partial charge in [0.1, 0.15) is 5.60 Å². The van der Waals surface area contributed by atoms with Gasteiger partial charge in [-0.1, -0.05) is 0 Å². The molecule has 0 aromatic rings. The van der Waals surface area contributed by atoms with E-state index in [2.05, 4.69) is 4.90 Å². The molecule has 0 N–H and O–H groups in total. The van der Waals surface area contributed by atoms with Crippen LogP contribution in [-0.2, 0) is 14.3 Å². The van der Waals surface area contributed by atoms with Crippen LogP contribution in [-0.4, -0.2) is 49.3 Å². The molecule has 4 heteroatoms. The third-order valence-electron chi connectivity index (χ3n) is 4.05. The van der Waals surface area contributed by atoms with Gasteiger partial charge in [-0.3, -0.25) is 9.69 Å². The van der Waals surface area contributed by atoms with E-state index in [4.69, 9.17) is 9.47 Å². The minimum atomic E-state index is -0.416. The smallest absolute Gasteiger partial charge is 0.311 e. The van der Waals surface area contributed by atoms with Crippen LogP contribution in [0.3, 0.4) is 0 Å². The molecule has 0 amide bonds. The van der Waals surface area contributed by atoms with Gasteiger partial charge in [0.2, 0.25) is 0 Å². The van der Waals surface area contributed by atoms with Gasteiger partial charge in [0.15, 0.2) is 0 Å². The lowest BCUT2D eigenvalue weighted by atomic mass is 9.95. The Morgan fingerprint density at radius 2 is 1.79 bits per heavy atom. The van der Waals surface area contributed by atoms with Crippen LogP contribution < -0.4 is 0 Å². The van der Waals surface area contributed by atoms with E-state index in [-0.39, 0.29) is 11.6 Å². The van der Waals surface area contributed by atoms with E-state index in [0.29, 0.717) is 0 Å². The molecule has 1 saturated heterocycles. The van der Waals surface area contributed by atoms with Gasteiger partial charge in [-0.2, -0.15) is 0 Å². The lowest BCUT2D eigenvalue weighted by Crippen LogP contribution is -2.49. The van der Waals surface area contributed by atoms with Gasteiger partial charge in [-0.25, -0.2) is 0 Å². The lowest BCUT2D eigenvalue weighted by Gasteiger charge is -2.38. The molecule has 0 spiro atoms. The molecule has 110 valence electrons. The van der Waals surface area contributed by atoms with Gasteiger partial charge in [0.25, 0.3) is 0 Å². The summed E-state index contributed by atoms with van der Waals surface area (Å²) in [7, 11) is 0. The summed E-state index contributed by atoms with van der Waals surface area (Å²) in [4.78, 5) is 14.6. The maximum Gasteiger partial charge on any atom is 0.311 e. The molecule has 2 rings (SSSR count). The second kappa shape index (κ2) is 5.80. The highest BCUT2D eigenvalue weighted by molar-refractivity contribution is 5.75. The summed E-state index contributed by atoms with van der Waals surface area (Å²) < 4.78 is 11.3. The average Bonchev–Trinajstić information content (AvgIpc) is 2.77. The van der Waals surface area contributed by atoms with Gasteiger partial charge >= 0.3 is 5.97 Å². The minimum absolute atomic E-state index is 0.0670. The highest BCUT2D eigenvalue weighted by Gasteiger charge is 2.41. The highest BCUT2D eigenvalue weighted by Crippen LogP contribution is 2.36. The molecule has 4 nitrogen and oxygen atoms in total. The van der Waals surface area contributed by atoms with Crippen molar-refractivity contribution in [2.75, 3.05) is 32.8 Å². The summed E-state index contributed by atoms with van der Waals surface area (Å²) >= 11 is 0. The van der Waals surface area contributed by atoms with Crippen molar-refractivity contribution in [3.05, 3.63) is 0 Å². The summed E-state index contributed by atoms with van der Waals surface area (Å²) in [6.45, 7) is 10.1. The van der Waals surface area contributed by atoms with Crippen molar-refractivity contribution < 1.29 is 14.3 Å². The number of rotatable bonds is 3. The Balaban J connectivity index is 1.99. The Morgan fingerprint density at radius 3 is 2.32 bits per heavy atom. The molecule has 0 aromatic carbocycles. The number of carbonyl (C=O) groups is 1. The SMILES string of the molecule is CC(C)(C)C(=O)OC1(CN2CCOCC2)CCCC1. The maximum absolute atomic E-state index is 12.2. The molecule has 2 fully saturated rings. The maximum atomic E-state index is 12.2. The number of hydrogen-bond donors (Lipinski definition) is 0. The van der Waals surface area contributed by atoms with Crippen LogP contribution in [0.25, 0.3) is 0 Å². The third-order valence-corrected chi connectivity index (χ3v) is 4.05. The van der Waals surface area contributed by atoms with Crippen LogP contribution in [0.2, 0.25) is 0 Å². The van der Waals surface area contributed by atoms with Crippen molar-refractivity contribution in [1.29, 1.82) is 0 Å². The number of nitrogens with zero attached hydrogens (tertiary/aromatic N) is 1. The van der Waals surface area contributed by atoms with Crippen molar-refractivity contribution in [1.82, 2.24) is 4.90 Å². The molecule has 0 radical (unpaired) electrons. The molecule has 1 heterocycles. The van der Waals surface area contributed by atoms with Crippen LogP contribution in [0.1, 0.15) is 46.5 Å². The molecule has 0 bridgehead atoms. The predicted octanol–water partition coefficient (Wildman–Crippen LogP) is 2.22. The van der Waals surface area contributed by atoms with Crippen molar-refractivity contribution in [2.24, 2.45) is 5.41 Å². The molecule has 1 aliphatic heterocycles. The highest BCUT2D eigenvalue weighted by atomic mass is 16.6. The number of esters is 1. The number of ether oxygens (including phenoxy) is 2. The van der Waals surface area contributed by atoms with Crippen molar-refractivity contribution in [2.45, 2.75) is 52.1 Å². The third kappa shape index (κ3) is 3.93. The first-order valence-corrected chi connectivity index (χ1v) is 7.45. The minimum Gasteiger partial charge on any atom is -0.457 e. The monoisotopic (exact) mass is 269 g/mol. The largest absolute Gasteiger partial charge is 0.457 e. The quantitative estimate of drug-likeness (QED) is 0.736. The fraction of sp³-hybridized carbons (Fsp3) is 0.933. The van der Waals surface area contributed by atoms with Gasteiger partial charge < -0.3 is 9.47 Å². The van der Waals surface area contributed by atoms with E-state index in [1.165, 1.54) is 12.8 Å². The topological polar surface area (TPSA) is 38.8 Å². The molecule has 1 aliphatic carbocycles. The predicted molar refractivity (Wildman–Crippen MR) is 74.0 cm³/mol. The first kappa shape index (κ1) is 14.8. The van der Waals surface area contributed by atoms with E-state index in [1.54, 1.807) is 0 Å². The van der Waals surface area contributed by atoms with Gasteiger partial charge in [0, 0.05) is 19.6 Å². The molecular formula is C15H27NO3. The number of hydrogen-bond acceptors (Lipinski definition) is 4. The fourth-order valence-electron chi connectivity index (χ4n) is 2.83. The molecule has 0 unspecified atom stereocenters. The molecule has 19 heavy (non-hydrogen) atoms. The molecule has 2 aliphatic rings. The summed E-state index contributed by atoms with van der Waals surface area (Å²) in [5, 5.41) is 0. The van der Waals surface area contributed by atoms with Crippen LogP contribution in [0.4, 0.5) is 0 Å². The zero-order chi connectivity index (χ0) is 13.9. The fourth-order valence-corrected chi connectivity index (χ4v) is 2.83. The molecule has 0 aromatic heterocycles. The summed E-state index contributed by atoms with van der Waals surface area (Å²) in [5.41, 5.74) is -0.664. The van der Waals surface area contributed by atoms with Crippen molar-refractivity contribution in [3.8, 4) is 0 Å². The lowest BCUT2D eigenvalue weighted by molar-refractivity contribution is -0.172. The van der Waals surface area contributed by atoms with Crippen LogP contribution in [0, 0.1) is 5.41 Å². The Bertz CT molecular complexity index is 310. The summed E-state index contributed by atoms with van der Waals surface area (Å²) in [6.07, 6.45) is 4.35. The number of carbonyl (C=O) groups excluding carboxylic acids is 1. The molecule has 0 atom stereocenters. The van der Waals surface area contributed by atoms with Crippen LogP contribution >= 0.6 is 0 Å². The second-order valence-electron chi connectivity index (χ2n) is 6.92. The standard InChI is InChI=1S/C15H27NO3/c1-14(2,3)13(17)19-15(6-4-5-7-15)12-16-8-10-18-11-9-16/h4-12H2,1-3H3. The van der Waals surface area contributed by atoms with Crippen molar-refractivity contribution >= 4 is 5.97 Å². The van der Waals surface area contributed by atoms with E-state index in [0.717, 1.165) is 45.7 Å². The zero-order valence-corrected chi connectivity index (χ0v) is 12.5. The van der Waals surface area contributed by atoms with E-state index in [1.807, 2.05) is 20.8 Å². The first-order valence-electron chi connectivity index (χ1n) is 7.45.